The van der Waals surface area contributed by atoms with E-state index in [0.29, 0.717) is 11.2 Å². The molecule has 10 heavy (non-hydrogen) atoms. The van der Waals surface area contributed by atoms with Gasteiger partial charge in [0.2, 0.25) is 0 Å². The lowest BCUT2D eigenvalue weighted by molar-refractivity contribution is -0.605. The first-order valence-corrected chi connectivity index (χ1v) is 2.87. The minimum absolute atomic E-state index is 0.362. The quantitative estimate of drug-likeness (QED) is 0.412. The van der Waals surface area contributed by atoms with Gasteiger partial charge in [0.1, 0.15) is 0 Å². The van der Waals surface area contributed by atoms with E-state index in [1.54, 1.807) is 12.1 Å². The van der Waals surface area contributed by atoms with Crippen LogP contribution < -0.4 is 4.73 Å². The Morgan fingerprint density at radius 1 is 1.50 bits per heavy atom. The molecule has 0 bridgehead atoms. The third kappa shape index (κ3) is 1.46. The molecule has 0 N–H and O–H groups in total. The smallest absolute Gasteiger partial charge is 0.180 e. The van der Waals surface area contributed by atoms with Crippen LogP contribution >= 0.6 is 0 Å². The van der Waals surface area contributed by atoms with Crippen LogP contribution in [-0.2, 0) is 6.42 Å². The molecule has 0 radical (unpaired) electrons. The average Bonchev–Trinajstić information content (AvgIpc) is 1.95. The van der Waals surface area contributed by atoms with Gasteiger partial charge in [-0.05, 0) is 5.56 Å². The molecule has 3 heteroatoms. The molecule has 0 atom stereocenters. The monoisotopic (exact) mass is 134 g/mol. The van der Waals surface area contributed by atoms with Gasteiger partial charge < -0.3 is 5.21 Å². The molecule has 0 aliphatic rings. The maximum absolute atomic E-state index is 10.5. The van der Waals surface area contributed by atoms with Crippen LogP contribution in [0.25, 0.3) is 0 Å². The van der Waals surface area contributed by atoms with E-state index < -0.39 is 0 Å². The van der Waals surface area contributed by atoms with Gasteiger partial charge in [0.15, 0.2) is 12.4 Å². The number of nitriles is 1. The molecule has 0 unspecified atom stereocenters. The van der Waals surface area contributed by atoms with Crippen LogP contribution in [0.1, 0.15) is 5.56 Å². The van der Waals surface area contributed by atoms with Crippen LogP contribution in [0.3, 0.4) is 0 Å². The first kappa shape index (κ1) is 6.56. The number of hydrogen-bond acceptors (Lipinski definition) is 2. The number of aromatic nitrogens is 1. The Labute approximate surface area is 58.7 Å². The highest BCUT2D eigenvalue weighted by Gasteiger charge is 1.91. The standard InChI is InChI=1S/C7H6N2O/c8-4-1-7-2-5-9(10)6-3-7/h2-3,5-6H,1H2. The Morgan fingerprint density at radius 2 is 2.10 bits per heavy atom. The second kappa shape index (κ2) is 2.83. The van der Waals surface area contributed by atoms with Crippen molar-refractivity contribution >= 4 is 0 Å². The summed E-state index contributed by atoms with van der Waals surface area (Å²) in [5.41, 5.74) is 0.870. The Bertz CT molecular complexity index is 247. The third-order valence-electron chi connectivity index (χ3n) is 1.15. The molecule has 1 aromatic heterocycles. The summed E-state index contributed by atoms with van der Waals surface area (Å²) in [6, 6.07) is 5.26. The first-order valence-electron chi connectivity index (χ1n) is 2.87. The molecule has 0 spiro atoms. The molecule has 0 aliphatic heterocycles. The molecule has 0 amide bonds. The Balaban J connectivity index is 2.81. The van der Waals surface area contributed by atoms with Crippen molar-refractivity contribution < 1.29 is 4.73 Å². The minimum Gasteiger partial charge on any atom is -0.619 e. The van der Waals surface area contributed by atoms with Crippen LogP contribution in [0.15, 0.2) is 24.5 Å². The zero-order valence-electron chi connectivity index (χ0n) is 5.32. The average molecular weight is 134 g/mol. The molecular formula is C7H6N2O. The Hall–Kier alpha value is -1.56. The highest BCUT2D eigenvalue weighted by atomic mass is 16.5. The van der Waals surface area contributed by atoms with Crippen molar-refractivity contribution in [1.29, 1.82) is 5.26 Å². The topological polar surface area (TPSA) is 50.7 Å². The molecule has 3 nitrogen and oxygen atoms in total. The van der Waals surface area contributed by atoms with Crippen molar-refractivity contribution in [2.45, 2.75) is 6.42 Å². The number of pyridine rings is 1. The highest BCUT2D eigenvalue weighted by molar-refractivity contribution is 5.11. The summed E-state index contributed by atoms with van der Waals surface area (Å²) in [7, 11) is 0. The summed E-state index contributed by atoms with van der Waals surface area (Å²) in [5, 5.41) is 18.7. The summed E-state index contributed by atoms with van der Waals surface area (Å²) in [6.07, 6.45) is 3.13. The van der Waals surface area contributed by atoms with Gasteiger partial charge in [-0.1, -0.05) is 0 Å². The largest absolute Gasteiger partial charge is 0.619 e. The summed E-state index contributed by atoms with van der Waals surface area (Å²) in [6.45, 7) is 0. The van der Waals surface area contributed by atoms with Gasteiger partial charge in [-0.25, -0.2) is 0 Å². The maximum atomic E-state index is 10.5. The number of hydrogen-bond donors (Lipinski definition) is 0. The van der Waals surface area contributed by atoms with Crippen LogP contribution in [0.2, 0.25) is 0 Å². The lowest BCUT2D eigenvalue weighted by Gasteiger charge is -1.94. The number of rotatable bonds is 1. The van der Waals surface area contributed by atoms with Gasteiger partial charge in [0.25, 0.3) is 0 Å². The van der Waals surface area contributed by atoms with Gasteiger partial charge in [0.05, 0.1) is 12.5 Å². The molecule has 0 aromatic carbocycles. The summed E-state index contributed by atoms with van der Waals surface area (Å²) >= 11 is 0. The van der Waals surface area contributed by atoms with E-state index in [1.165, 1.54) is 12.4 Å². The van der Waals surface area contributed by atoms with Crippen LogP contribution in [0.5, 0.6) is 0 Å². The molecule has 1 rings (SSSR count). The van der Waals surface area contributed by atoms with Crippen molar-refractivity contribution in [2.24, 2.45) is 0 Å². The van der Waals surface area contributed by atoms with Crippen molar-refractivity contribution in [3.8, 4) is 6.07 Å². The molecule has 0 fully saturated rings. The van der Waals surface area contributed by atoms with E-state index in [4.69, 9.17) is 5.26 Å². The van der Waals surface area contributed by atoms with E-state index in [9.17, 15) is 5.21 Å². The van der Waals surface area contributed by atoms with Gasteiger partial charge in [-0.2, -0.15) is 9.99 Å². The summed E-state index contributed by atoms with van der Waals surface area (Å²) in [5.74, 6) is 0. The molecular weight excluding hydrogens is 128 g/mol. The zero-order chi connectivity index (χ0) is 7.40. The van der Waals surface area contributed by atoms with E-state index in [2.05, 4.69) is 0 Å². The number of nitrogens with zero attached hydrogens (tertiary/aromatic N) is 2. The fourth-order valence-corrected chi connectivity index (χ4v) is 0.653. The van der Waals surface area contributed by atoms with Crippen molar-refractivity contribution in [2.75, 3.05) is 0 Å². The molecule has 0 saturated heterocycles. The molecule has 1 aromatic rings. The van der Waals surface area contributed by atoms with Crippen LogP contribution in [-0.4, -0.2) is 0 Å². The maximum Gasteiger partial charge on any atom is 0.180 e. The van der Waals surface area contributed by atoms with Crippen LogP contribution in [0, 0.1) is 16.5 Å². The third-order valence-corrected chi connectivity index (χ3v) is 1.15. The lowest BCUT2D eigenvalue weighted by Crippen LogP contribution is -2.23. The second-order valence-electron chi connectivity index (χ2n) is 1.90. The van der Waals surface area contributed by atoms with E-state index in [0.717, 1.165) is 5.56 Å². The summed E-state index contributed by atoms with van der Waals surface area (Å²) in [4.78, 5) is 0. The molecule has 50 valence electrons. The fourth-order valence-electron chi connectivity index (χ4n) is 0.653. The molecule has 0 saturated carbocycles. The van der Waals surface area contributed by atoms with E-state index in [1.807, 2.05) is 6.07 Å². The first-order chi connectivity index (χ1) is 4.83. The van der Waals surface area contributed by atoms with E-state index in [-0.39, 0.29) is 0 Å². The lowest BCUT2D eigenvalue weighted by atomic mass is 10.2. The normalized spacial score (nSPS) is 8.70. The SMILES string of the molecule is N#CCc1cc[n+]([O-])cc1. The zero-order valence-corrected chi connectivity index (χ0v) is 5.32. The predicted octanol–water partition coefficient (Wildman–Crippen LogP) is 0.386. The molecule has 0 aliphatic carbocycles. The second-order valence-corrected chi connectivity index (χ2v) is 1.90. The highest BCUT2D eigenvalue weighted by Crippen LogP contribution is 1.93. The fraction of sp³-hybridized carbons (Fsp3) is 0.143. The molecule has 1 heterocycles. The van der Waals surface area contributed by atoms with Crippen molar-refractivity contribution in [3.63, 3.8) is 0 Å². The van der Waals surface area contributed by atoms with Crippen molar-refractivity contribution in [1.82, 2.24) is 0 Å². The van der Waals surface area contributed by atoms with Gasteiger partial charge >= 0.3 is 0 Å². The predicted molar refractivity (Wildman–Crippen MR) is 34.7 cm³/mol. The van der Waals surface area contributed by atoms with Gasteiger partial charge in [-0.3, -0.25) is 0 Å². The Kier molecular flexibility index (Phi) is 1.86. The Morgan fingerprint density at radius 3 is 2.60 bits per heavy atom. The summed E-state index contributed by atoms with van der Waals surface area (Å²) < 4.78 is 0.695. The van der Waals surface area contributed by atoms with Gasteiger partial charge in [-0.15, -0.1) is 0 Å². The van der Waals surface area contributed by atoms with Crippen molar-refractivity contribution in [3.05, 3.63) is 35.3 Å². The van der Waals surface area contributed by atoms with E-state index >= 15 is 0 Å². The van der Waals surface area contributed by atoms with Crippen LogP contribution in [0.4, 0.5) is 0 Å². The minimum atomic E-state index is 0.362. The van der Waals surface area contributed by atoms with Gasteiger partial charge in [0, 0.05) is 12.1 Å².